The lowest BCUT2D eigenvalue weighted by molar-refractivity contribution is 0.261. The molecule has 0 spiro atoms. The van der Waals surface area contributed by atoms with E-state index in [4.69, 9.17) is 4.55 Å². The largest absolute Gasteiger partial charge is 0.397 e. The van der Waals surface area contributed by atoms with Gasteiger partial charge in [0.2, 0.25) is 0 Å². The predicted octanol–water partition coefficient (Wildman–Crippen LogP) is 3.70. The summed E-state index contributed by atoms with van der Waals surface area (Å²) in [6, 6.07) is 0. The van der Waals surface area contributed by atoms with Crippen molar-refractivity contribution in [2.75, 3.05) is 6.61 Å². The number of nitrogens with two attached hydrogens (primary N) is 2. The fourth-order valence-corrected chi connectivity index (χ4v) is 3.14. The highest BCUT2D eigenvalue weighted by molar-refractivity contribution is 7.80. The van der Waals surface area contributed by atoms with Gasteiger partial charge in [-0.3, -0.25) is 16.2 Å². The lowest BCUT2D eigenvalue weighted by Crippen LogP contribution is -2.04. The number of unbranched alkanes of at least 4 members (excludes halogenated alkanes) is 15. The number of hydrogen-bond donors (Lipinski definition) is 3. The molecule has 0 atom stereocenters. The average Bonchev–Trinajstić information content (AvgIpc) is 2.58. The van der Waals surface area contributed by atoms with Crippen molar-refractivity contribution in [3.8, 4) is 0 Å². The molecule has 160 valence electrons. The van der Waals surface area contributed by atoms with Crippen molar-refractivity contribution < 1.29 is 17.2 Å². The third-order valence-electron chi connectivity index (χ3n) is 4.23. The minimum Gasteiger partial charge on any atom is -0.274 e. The summed E-state index contributed by atoms with van der Waals surface area (Å²) < 4.78 is 33.3. The average molecular weight is 413 g/mol. The zero-order chi connectivity index (χ0) is 19.2. The third-order valence-corrected chi connectivity index (χ3v) is 4.69. The summed E-state index contributed by atoms with van der Waals surface area (Å²) in [7, 11) is -4.24. The minimum atomic E-state index is -4.24. The lowest BCUT2D eigenvalue weighted by Gasteiger charge is -2.03. The van der Waals surface area contributed by atoms with Crippen molar-refractivity contribution in [2.45, 2.75) is 110 Å². The Kier molecular flexibility index (Phi) is 30.2. The Balaban J connectivity index is -0.00000170. The van der Waals surface area contributed by atoms with Crippen LogP contribution in [0.2, 0.25) is 0 Å². The Morgan fingerprint density at radius 3 is 1.19 bits per heavy atom. The van der Waals surface area contributed by atoms with E-state index in [1.165, 1.54) is 83.5 Å². The monoisotopic (exact) mass is 412 g/mol. The van der Waals surface area contributed by atoms with E-state index >= 15 is 0 Å². The topological polar surface area (TPSA) is 116 Å². The van der Waals surface area contributed by atoms with Crippen LogP contribution < -0.4 is 11.7 Å². The molecule has 0 fully saturated rings. The molecule has 8 heteroatoms. The molecule has 0 aliphatic rings. The number of hydrazine groups is 1. The first-order chi connectivity index (χ1) is 12.1. The summed E-state index contributed by atoms with van der Waals surface area (Å²) in [6.45, 7) is 2.36. The first kappa shape index (κ1) is 31.0. The molecular weight excluding hydrogens is 367 g/mol. The molecule has 0 aromatic carbocycles. The smallest absolute Gasteiger partial charge is 0.274 e. The maximum atomic E-state index is 10.3. The van der Waals surface area contributed by atoms with Gasteiger partial charge in [0.15, 0.2) is 17.4 Å². The quantitative estimate of drug-likeness (QED) is 0.104. The van der Waals surface area contributed by atoms with Crippen LogP contribution in [0.3, 0.4) is 0 Å². The zero-order valence-corrected chi connectivity index (χ0v) is 17.1. The normalized spacial score (nSPS) is 10.8. The summed E-state index contributed by atoms with van der Waals surface area (Å²) in [5.41, 5.74) is 0. The second-order valence-corrected chi connectivity index (χ2v) is 7.64. The van der Waals surface area contributed by atoms with Gasteiger partial charge in [-0.25, -0.2) is 4.18 Å². The van der Waals surface area contributed by atoms with Crippen molar-refractivity contribution in [2.24, 2.45) is 11.7 Å². The molecule has 0 radical (unpaired) electrons. The van der Waals surface area contributed by atoms with Crippen LogP contribution in [-0.2, 0) is 14.6 Å². The highest BCUT2D eigenvalue weighted by Gasteiger charge is 2.02. The first-order valence-electron chi connectivity index (χ1n) is 10.0. The fraction of sp³-hybridized carbons (Fsp3) is 1.00. The SMILES string of the molecule is CCCCCCCCCCCCCCCCCCOS(=O)(=O)O.NN.[AlH3]. The van der Waals surface area contributed by atoms with Crippen molar-refractivity contribution in [3.63, 3.8) is 0 Å². The van der Waals surface area contributed by atoms with Crippen LogP contribution in [0, 0.1) is 0 Å². The molecule has 0 heterocycles. The molecule has 5 N–H and O–H groups in total. The molecular formula is C18H45AlN2O4S. The standard InChI is InChI=1S/C18H38O4S.Al.H4N2.3H/c1-2-3-4-5-6-7-8-9-10-11-12-13-14-15-16-17-18-22-23(19,20)21;;1-2;;;/h2-18H2,1H3,(H,19,20,21);;1-2H2;;;. The van der Waals surface area contributed by atoms with Crippen LogP contribution in [-0.4, -0.2) is 36.9 Å². The maximum Gasteiger partial charge on any atom is 0.397 e. The molecule has 6 nitrogen and oxygen atoms in total. The van der Waals surface area contributed by atoms with Gasteiger partial charge < -0.3 is 0 Å². The summed E-state index contributed by atoms with van der Waals surface area (Å²) in [6.07, 6.45) is 20.5. The second kappa shape index (κ2) is 25.3. The third kappa shape index (κ3) is 32.0. The van der Waals surface area contributed by atoms with Gasteiger partial charge in [0, 0.05) is 0 Å². The van der Waals surface area contributed by atoms with Gasteiger partial charge in [-0.2, -0.15) is 8.42 Å². The van der Waals surface area contributed by atoms with Crippen LogP contribution in [0.5, 0.6) is 0 Å². The molecule has 0 bridgehead atoms. The highest BCUT2D eigenvalue weighted by atomic mass is 32.3. The molecule has 0 aliphatic heterocycles. The molecule has 0 aromatic rings. The molecule has 0 saturated heterocycles. The van der Waals surface area contributed by atoms with Gasteiger partial charge >= 0.3 is 10.4 Å². The summed E-state index contributed by atoms with van der Waals surface area (Å²) in [5, 5.41) is 0. The van der Waals surface area contributed by atoms with Crippen molar-refractivity contribution >= 4 is 27.8 Å². The van der Waals surface area contributed by atoms with E-state index < -0.39 is 10.4 Å². The first-order valence-corrected chi connectivity index (χ1v) is 11.4. The van der Waals surface area contributed by atoms with E-state index in [0.29, 0.717) is 6.42 Å². The summed E-state index contributed by atoms with van der Waals surface area (Å²) >= 11 is 0. The molecule has 0 aliphatic carbocycles. The van der Waals surface area contributed by atoms with Crippen LogP contribution in [0.4, 0.5) is 0 Å². The second-order valence-electron chi connectivity index (χ2n) is 6.55. The molecule has 0 aromatic heterocycles. The Bertz CT molecular complexity index is 344. The molecule has 0 unspecified atom stereocenters. The molecule has 0 amide bonds. The van der Waals surface area contributed by atoms with Crippen molar-refractivity contribution in [1.29, 1.82) is 0 Å². The van der Waals surface area contributed by atoms with E-state index in [2.05, 4.69) is 22.8 Å². The highest BCUT2D eigenvalue weighted by Crippen LogP contribution is 2.13. The lowest BCUT2D eigenvalue weighted by atomic mass is 10.0. The van der Waals surface area contributed by atoms with E-state index in [1.54, 1.807) is 0 Å². The van der Waals surface area contributed by atoms with Crippen LogP contribution in [0.15, 0.2) is 0 Å². The van der Waals surface area contributed by atoms with E-state index in [0.717, 1.165) is 12.8 Å². The predicted molar refractivity (Wildman–Crippen MR) is 115 cm³/mol. The molecule has 0 saturated carbocycles. The van der Waals surface area contributed by atoms with Gasteiger partial charge in [0.25, 0.3) is 0 Å². The van der Waals surface area contributed by atoms with E-state index in [1.807, 2.05) is 0 Å². The van der Waals surface area contributed by atoms with Gasteiger partial charge in [0.1, 0.15) is 0 Å². The molecule has 0 rings (SSSR count). The van der Waals surface area contributed by atoms with Crippen LogP contribution in [0.25, 0.3) is 0 Å². The molecule has 26 heavy (non-hydrogen) atoms. The Hall–Kier alpha value is 0.322. The van der Waals surface area contributed by atoms with E-state index in [9.17, 15) is 8.42 Å². The fourth-order valence-electron chi connectivity index (χ4n) is 2.81. The Labute approximate surface area is 172 Å². The van der Waals surface area contributed by atoms with Gasteiger partial charge in [0.05, 0.1) is 6.61 Å². The number of rotatable bonds is 18. The van der Waals surface area contributed by atoms with Crippen LogP contribution in [0.1, 0.15) is 110 Å². The Morgan fingerprint density at radius 1 is 0.654 bits per heavy atom. The maximum absolute atomic E-state index is 10.3. The summed E-state index contributed by atoms with van der Waals surface area (Å²) in [5.74, 6) is 8.00. The van der Waals surface area contributed by atoms with Gasteiger partial charge in [-0.1, -0.05) is 103 Å². The van der Waals surface area contributed by atoms with Crippen molar-refractivity contribution in [1.82, 2.24) is 0 Å². The summed E-state index contributed by atoms with van der Waals surface area (Å²) in [4.78, 5) is 0. The van der Waals surface area contributed by atoms with E-state index in [-0.39, 0.29) is 24.0 Å². The van der Waals surface area contributed by atoms with Crippen molar-refractivity contribution in [3.05, 3.63) is 0 Å². The van der Waals surface area contributed by atoms with Gasteiger partial charge in [-0.05, 0) is 6.42 Å². The van der Waals surface area contributed by atoms with Crippen LogP contribution >= 0.6 is 0 Å². The van der Waals surface area contributed by atoms with Gasteiger partial charge in [-0.15, -0.1) is 0 Å². The Morgan fingerprint density at radius 2 is 0.923 bits per heavy atom. The number of hydrogen-bond acceptors (Lipinski definition) is 5. The zero-order valence-electron chi connectivity index (χ0n) is 16.3. The minimum absolute atomic E-state index is 0.